The van der Waals surface area contributed by atoms with Gasteiger partial charge in [0.2, 0.25) is 0 Å². The smallest absolute Gasteiger partial charge is 0.0328 e. The number of rotatable bonds is 5. The SMILES string of the molecule is CNCC(C)N(C)Cc1cccs1. The number of likely N-dealkylation sites (N-methyl/N-ethyl adjacent to an activating group) is 2. The van der Waals surface area contributed by atoms with E-state index in [4.69, 9.17) is 0 Å². The number of hydrogen-bond donors (Lipinski definition) is 1. The van der Waals surface area contributed by atoms with Crippen LogP contribution in [0.1, 0.15) is 11.8 Å². The van der Waals surface area contributed by atoms with Gasteiger partial charge >= 0.3 is 0 Å². The van der Waals surface area contributed by atoms with Crippen LogP contribution in [-0.4, -0.2) is 31.6 Å². The maximum atomic E-state index is 3.19. The summed E-state index contributed by atoms with van der Waals surface area (Å²) in [5, 5.41) is 5.32. The van der Waals surface area contributed by atoms with Crippen molar-refractivity contribution in [2.45, 2.75) is 19.5 Å². The molecule has 1 aromatic heterocycles. The summed E-state index contributed by atoms with van der Waals surface area (Å²) < 4.78 is 0. The Morgan fingerprint density at radius 1 is 1.62 bits per heavy atom. The fourth-order valence-electron chi connectivity index (χ4n) is 1.26. The molecular weight excluding hydrogens is 180 g/mol. The normalized spacial score (nSPS) is 13.5. The van der Waals surface area contributed by atoms with Gasteiger partial charge < -0.3 is 5.32 Å². The molecule has 1 rings (SSSR count). The van der Waals surface area contributed by atoms with E-state index < -0.39 is 0 Å². The predicted octanol–water partition coefficient (Wildman–Crippen LogP) is 1.79. The van der Waals surface area contributed by atoms with Crippen LogP contribution in [0.4, 0.5) is 0 Å². The molecule has 1 atom stereocenters. The Morgan fingerprint density at radius 3 is 2.92 bits per heavy atom. The molecule has 0 bridgehead atoms. The number of hydrogen-bond acceptors (Lipinski definition) is 3. The van der Waals surface area contributed by atoms with Crippen molar-refractivity contribution < 1.29 is 0 Å². The first-order chi connectivity index (χ1) is 6.24. The molecule has 74 valence electrons. The zero-order valence-corrected chi connectivity index (χ0v) is 9.40. The molecule has 2 nitrogen and oxygen atoms in total. The van der Waals surface area contributed by atoms with Crippen molar-refractivity contribution in [3.63, 3.8) is 0 Å². The van der Waals surface area contributed by atoms with E-state index in [0.29, 0.717) is 6.04 Å². The van der Waals surface area contributed by atoms with Gasteiger partial charge in [0.1, 0.15) is 0 Å². The van der Waals surface area contributed by atoms with Crippen LogP contribution in [0, 0.1) is 0 Å². The number of nitrogens with one attached hydrogen (secondary N) is 1. The standard InChI is InChI=1S/C10H18N2S/c1-9(7-11-2)12(3)8-10-5-4-6-13-10/h4-6,9,11H,7-8H2,1-3H3. The van der Waals surface area contributed by atoms with Gasteiger partial charge in [-0.15, -0.1) is 11.3 Å². The molecule has 1 unspecified atom stereocenters. The third-order valence-electron chi connectivity index (χ3n) is 2.24. The first kappa shape index (κ1) is 10.7. The van der Waals surface area contributed by atoms with Gasteiger partial charge in [0.15, 0.2) is 0 Å². The largest absolute Gasteiger partial charge is 0.318 e. The van der Waals surface area contributed by atoms with Crippen LogP contribution < -0.4 is 5.32 Å². The van der Waals surface area contributed by atoms with E-state index in [9.17, 15) is 0 Å². The highest BCUT2D eigenvalue weighted by atomic mass is 32.1. The molecule has 13 heavy (non-hydrogen) atoms. The van der Waals surface area contributed by atoms with Crippen molar-refractivity contribution in [3.05, 3.63) is 22.4 Å². The second-order valence-electron chi connectivity index (χ2n) is 3.40. The Hall–Kier alpha value is -0.380. The molecule has 0 radical (unpaired) electrons. The molecule has 0 saturated carbocycles. The Bertz CT molecular complexity index is 221. The molecule has 0 fully saturated rings. The summed E-state index contributed by atoms with van der Waals surface area (Å²) >= 11 is 1.82. The van der Waals surface area contributed by atoms with Crippen LogP contribution >= 0.6 is 11.3 Å². The molecule has 0 aliphatic rings. The lowest BCUT2D eigenvalue weighted by molar-refractivity contribution is 0.248. The summed E-state index contributed by atoms with van der Waals surface area (Å²) in [7, 11) is 4.16. The van der Waals surface area contributed by atoms with Crippen LogP contribution in [-0.2, 0) is 6.54 Å². The van der Waals surface area contributed by atoms with Crippen molar-refractivity contribution in [3.8, 4) is 0 Å². The minimum atomic E-state index is 0.590. The van der Waals surface area contributed by atoms with Crippen molar-refractivity contribution in [1.82, 2.24) is 10.2 Å². The summed E-state index contributed by atoms with van der Waals surface area (Å²) in [6.45, 7) is 4.34. The highest BCUT2D eigenvalue weighted by molar-refractivity contribution is 7.09. The average molecular weight is 198 g/mol. The van der Waals surface area contributed by atoms with Gasteiger partial charge in [0, 0.05) is 24.0 Å². The Labute approximate surface area is 84.6 Å². The summed E-state index contributed by atoms with van der Waals surface area (Å²) in [4.78, 5) is 3.80. The first-order valence-electron chi connectivity index (χ1n) is 4.61. The maximum Gasteiger partial charge on any atom is 0.0328 e. The second kappa shape index (κ2) is 5.37. The molecular formula is C10H18N2S. The summed E-state index contributed by atoms with van der Waals surface area (Å²) in [5.74, 6) is 0. The maximum absolute atomic E-state index is 3.19. The minimum absolute atomic E-state index is 0.590. The summed E-state index contributed by atoms with van der Waals surface area (Å²) in [6.07, 6.45) is 0. The fourth-order valence-corrected chi connectivity index (χ4v) is 2.02. The number of thiophene rings is 1. The summed E-state index contributed by atoms with van der Waals surface area (Å²) in [6, 6.07) is 4.89. The molecule has 0 aliphatic carbocycles. The average Bonchev–Trinajstić information content (AvgIpc) is 2.57. The van der Waals surface area contributed by atoms with E-state index in [1.165, 1.54) is 4.88 Å². The molecule has 3 heteroatoms. The Kier molecular flexibility index (Phi) is 4.42. The van der Waals surface area contributed by atoms with Crippen molar-refractivity contribution in [1.29, 1.82) is 0 Å². The second-order valence-corrected chi connectivity index (χ2v) is 4.43. The Balaban J connectivity index is 2.36. The molecule has 0 aliphatic heterocycles. The van der Waals surface area contributed by atoms with Crippen LogP contribution in [0.15, 0.2) is 17.5 Å². The van der Waals surface area contributed by atoms with Crippen molar-refractivity contribution in [2.24, 2.45) is 0 Å². The molecule has 0 amide bonds. The van der Waals surface area contributed by atoms with E-state index in [0.717, 1.165) is 13.1 Å². The van der Waals surface area contributed by atoms with E-state index >= 15 is 0 Å². The number of nitrogens with zero attached hydrogens (tertiary/aromatic N) is 1. The third-order valence-corrected chi connectivity index (χ3v) is 3.10. The lowest BCUT2D eigenvalue weighted by Gasteiger charge is -2.23. The van der Waals surface area contributed by atoms with E-state index in [1.807, 2.05) is 18.4 Å². The lowest BCUT2D eigenvalue weighted by Crippen LogP contribution is -2.35. The highest BCUT2D eigenvalue weighted by Crippen LogP contribution is 2.11. The van der Waals surface area contributed by atoms with E-state index in [1.54, 1.807) is 0 Å². The molecule has 1 N–H and O–H groups in total. The van der Waals surface area contributed by atoms with Gasteiger partial charge in [-0.2, -0.15) is 0 Å². The van der Waals surface area contributed by atoms with Gasteiger partial charge in [-0.25, -0.2) is 0 Å². The van der Waals surface area contributed by atoms with Crippen molar-refractivity contribution in [2.75, 3.05) is 20.6 Å². The van der Waals surface area contributed by atoms with Gasteiger partial charge in [-0.3, -0.25) is 4.90 Å². The topological polar surface area (TPSA) is 15.3 Å². The van der Waals surface area contributed by atoms with Gasteiger partial charge in [0.25, 0.3) is 0 Å². The monoisotopic (exact) mass is 198 g/mol. The van der Waals surface area contributed by atoms with Crippen LogP contribution in [0.3, 0.4) is 0 Å². The zero-order valence-electron chi connectivity index (χ0n) is 8.58. The zero-order chi connectivity index (χ0) is 9.68. The minimum Gasteiger partial charge on any atom is -0.318 e. The Morgan fingerprint density at radius 2 is 2.38 bits per heavy atom. The van der Waals surface area contributed by atoms with Crippen LogP contribution in [0.25, 0.3) is 0 Å². The molecule has 0 aromatic carbocycles. The molecule has 1 heterocycles. The lowest BCUT2D eigenvalue weighted by atomic mass is 10.3. The first-order valence-corrected chi connectivity index (χ1v) is 5.49. The highest BCUT2D eigenvalue weighted by Gasteiger charge is 2.08. The van der Waals surface area contributed by atoms with Gasteiger partial charge in [-0.05, 0) is 32.5 Å². The quantitative estimate of drug-likeness (QED) is 0.776. The third kappa shape index (κ3) is 3.46. The predicted molar refractivity (Wildman–Crippen MR) is 59.2 cm³/mol. The molecule has 0 spiro atoms. The molecule has 1 aromatic rings. The van der Waals surface area contributed by atoms with Crippen LogP contribution in [0.5, 0.6) is 0 Å². The molecule has 0 saturated heterocycles. The van der Waals surface area contributed by atoms with Gasteiger partial charge in [-0.1, -0.05) is 6.07 Å². The fraction of sp³-hybridized carbons (Fsp3) is 0.600. The van der Waals surface area contributed by atoms with Crippen molar-refractivity contribution >= 4 is 11.3 Å². The van der Waals surface area contributed by atoms with E-state index in [-0.39, 0.29) is 0 Å². The van der Waals surface area contributed by atoms with E-state index in [2.05, 4.69) is 41.7 Å². The summed E-state index contributed by atoms with van der Waals surface area (Å²) in [5.41, 5.74) is 0. The van der Waals surface area contributed by atoms with Gasteiger partial charge in [0.05, 0.1) is 0 Å². The van der Waals surface area contributed by atoms with Crippen LogP contribution in [0.2, 0.25) is 0 Å².